The molecule has 0 amide bonds. The monoisotopic (exact) mass is 618 g/mol. The second kappa shape index (κ2) is 10.1. The first-order valence-electron chi connectivity index (χ1n) is 16.9. The minimum Gasteiger partial charge on any atom is -0.454 e. The molecule has 0 saturated heterocycles. The first kappa shape index (κ1) is 26.9. The summed E-state index contributed by atoms with van der Waals surface area (Å²) in [5, 5.41) is 2.33. The van der Waals surface area contributed by atoms with Crippen LogP contribution in [0.25, 0.3) is 21.9 Å². The Morgan fingerprint density at radius 3 is 2.17 bits per heavy atom. The van der Waals surface area contributed by atoms with E-state index in [2.05, 4.69) is 165 Å². The van der Waals surface area contributed by atoms with Crippen LogP contribution < -0.4 is 14.7 Å². The average Bonchev–Trinajstić information content (AvgIpc) is 3.91. The van der Waals surface area contributed by atoms with E-state index >= 15 is 0 Å². The SMILES string of the molecule is Cc1ccc2c(oc3ccccc32)c1N1C=CN(C)C1CC1N2C=CN1c1ccccc1C1c3ccccc3N3C=CN(CCC2)C13. The lowest BCUT2D eigenvalue weighted by molar-refractivity contribution is 0.215. The Morgan fingerprint density at radius 2 is 1.32 bits per heavy atom. The van der Waals surface area contributed by atoms with E-state index in [-0.39, 0.29) is 24.4 Å². The summed E-state index contributed by atoms with van der Waals surface area (Å²) in [6, 6.07) is 31.0. The summed E-state index contributed by atoms with van der Waals surface area (Å²) in [5.41, 5.74) is 9.69. The van der Waals surface area contributed by atoms with E-state index in [1.165, 1.54) is 38.8 Å². The standard InChI is InChI=1S/C40H38N6O/c1-27-16-17-29-28-10-5-8-15-34(28)47-39(29)38(27)46-23-20-41(2)35(46)26-36-42-18-9-19-43-22-25-45-33-14-7-4-12-31(33)37(40(43)45)30-11-3-6-13-32(30)44(36)24-21-42/h3-8,10-17,20-25,35-37,40H,9,18-19,26H2,1-2H3. The smallest absolute Gasteiger partial charge is 0.159 e. The van der Waals surface area contributed by atoms with Crippen molar-refractivity contribution in [1.82, 2.24) is 14.7 Å². The highest BCUT2D eigenvalue weighted by Crippen LogP contribution is 2.51. The summed E-state index contributed by atoms with van der Waals surface area (Å²) in [4.78, 5) is 15.0. The number of benzene rings is 4. The van der Waals surface area contributed by atoms with Crippen molar-refractivity contribution in [3.63, 3.8) is 0 Å². The zero-order valence-corrected chi connectivity index (χ0v) is 26.8. The maximum absolute atomic E-state index is 6.58. The van der Waals surface area contributed by atoms with Gasteiger partial charge in [-0.3, -0.25) is 0 Å². The van der Waals surface area contributed by atoms with Crippen molar-refractivity contribution in [2.45, 2.75) is 44.2 Å². The van der Waals surface area contributed by atoms with Gasteiger partial charge in [0.15, 0.2) is 5.58 Å². The van der Waals surface area contributed by atoms with Gasteiger partial charge >= 0.3 is 0 Å². The fraction of sp³-hybridized carbons (Fsp3) is 0.250. The van der Waals surface area contributed by atoms with E-state index < -0.39 is 0 Å². The van der Waals surface area contributed by atoms with Gasteiger partial charge in [-0.05, 0) is 48.2 Å². The highest BCUT2D eigenvalue weighted by molar-refractivity contribution is 6.09. The summed E-state index contributed by atoms with van der Waals surface area (Å²) in [6.45, 7) is 4.22. The van der Waals surface area contributed by atoms with Crippen LogP contribution in [0.15, 0.2) is 127 Å². The molecule has 5 aliphatic heterocycles. The Morgan fingerprint density at radius 1 is 0.638 bits per heavy atom. The molecular formula is C40H38N6O. The summed E-state index contributed by atoms with van der Waals surface area (Å²) in [6.07, 6.45) is 16.3. The number of hydrogen-bond acceptors (Lipinski definition) is 7. The van der Waals surface area contributed by atoms with Crippen molar-refractivity contribution in [1.29, 1.82) is 0 Å². The molecule has 7 heteroatoms. The van der Waals surface area contributed by atoms with Crippen molar-refractivity contribution in [2.24, 2.45) is 0 Å². The van der Waals surface area contributed by atoms with E-state index in [9.17, 15) is 0 Å². The van der Waals surface area contributed by atoms with Crippen molar-refractivity contribution >= 4 is 39.0 Å². The normalized spacial score (nSPS) is 24.1. The average molecular weight is 619 g/mol. The number of fused-ring (bicyclic) bond motifs is 11. The highest BCUT2D eigenvalue weighted by atomic mass is 16.3. The first-order chi connectivity index (χ1) is 23.2. The van der Waals surface area contributed by atoms with Gasteiger partial charge < -0.3 is 33.8 Å². The largest absolute Gasteiger partial charge is 0.454 e. The number of anilines is 3. The van der Waals surface area contributed by atoms with Crippen LogP contribution in [0.4, 0.5) is 17.1 Å². The number of aryl methyl sites for hydroxylation is 1. The zero-order valence-electron chi connectivity index (χ0n) is 26.8. The predicted octanol–water partition coefficient (Wildman–Crippen LogP) is 7.92. The molecule has 4 atom stereocenters. The Kier molecular flexibility index (Phi) is 5.77. The Labute approximate surface area is 275 Å². The molecule has 7 nitrogen and oxygen atoms in total. The van der Waals surface area contributed by atoms with Crippen molar-refractivity contribution in [3.05, 3.63) is 139 Å². The lowest BCUT2D eigenvalue weighted by Crippen LogP contribution is -2.48. The molecule has 0 N–H and O–H groups in total. The zero-order chi connectivity index (χ0) is 31.2. The summed E-state index contributed by atoms with van der Waals surface area (Å²) in [7, 11) is 2.21. The molecule has 234 valence electrons. The van der Waals surface area contributed by atoms with Crippen molar-refractivity contribution in [3.8, 4) is 0 Å². The number of hydrogen-bond donors (Lipinski definition) is 0. The van der Waals surface area contributed by atoms with Crippen LogP contribution in [0, 0.1) is 6.92 Å². The maximum Gasteiger partial charge on any atom is 0.159 e. The molecule has 0 aliphatic carbocycles. The Balaban J connectivity index is 1.06. The third-order valence-electron chi connectivity index (χ3n) is 11.1. The van der Waals surface area contributed by atoms with Crippen LogP contribution in [0.1, 0.15) is 35.4 Å². The molecule has 0 radical (unpaired) electrons. The molecule has 0 fully saturated rings. The van der Waals surface area contributed by atoms with E-state index in [1.54, 1.807) is 0 Å². The number of furan rings is 1. The van der Waals surface area contributed by atoms with Gasteiger partial charge in [-0.2, -0.15) is 0 Å². The Bertz CT molecular complexity index is 2130. The summed E-state index contributed by atoms with van der Waals surface area (Å²) < 4.78 is 6.58. The van der Waals surface area contributed by atoms with Crippen LogP contribution in [0.2, 0.25) is 0 Å². The van der Waals surface area contributed by atoms with Gasteiger partial charge in [-0.15, -0.1) is 0 Å². The number of nitrogens with zero attached hydrogens (tertiary/aromatic N) is 6. The highest BCUT2D eigenvalue weighted by Gasteiger charge is 2.46. The van der Waals surface area contributed by atoms with E-state index in [4.69, 9.17) is 4.42 Å². The number of para-hydroxylation sites is 3. The molecule has 1 aromatic heterocycles. The second-order valence-electron chi connectivity index (χ2n) is 13.5. The van der Waals surface area contributed by atoms with E-state index in [0.29, 0.717) is 0 Å². The first-order valence-corrected chi connectivity index (χ1v) is 16.9. The molecule has 10 rings (SSSR count). The van der Waals surface area contributed by atoms with Crippen LogP contribution in [-0.2, 0) is 0 Å². The van der Waals surface area contributed by atoms with Crippen molar-refractivity contribution in [2.75, 3.05) is 34.8 Å². The van der Waals surface area contributed by atoms with Gasteiger partial charge in [-0.25, -0.2) is 0 Å². The molecule has 6 heterocycles. The molecule has 47 heavy (non-hydrogen) atoms. The maximum atomic E-state index is 6.58. The summed E-state index contributed by atoms with van der Waals surface area (Å²) in [5.74, 6) is 0.249. The minimum absolute atomic E-state index is 0.119. The van der Waals surface area contributed by atoms with Crippen LogP contribution in [-0.4, -0.2) is 53.3 Å². The quantitative estimate of drug-likeness (QED) is 0.203. The van der Waals surface area contributed by atoms with Crippen molar-refractivity contribution < 1.29 is 4.42 Å². The molecular weight excluding hydrogens is 580 g/mol. The van der Waals surface area contributed by atoms with E-state index in [0.717, 1.165) is 42.8 Å². The van der Waals surface area contributed by atoms with Gasteiger partial charge in [0.25, 0.3) is 0 Å². The third kappa shape index (κ3) is 3.86. The van der Waals surface area contributed by atoms with Gasteiger partial charge in [0, 0.05) is 85.9 Å². The van der Waals surface area contributed by atoms with Crippen LogP contribution in [0.5, 0.6) is 0 Å². The minimum atomic E-state index is 0.119. The third-order valence-corrected chi connectivity index (χ3v) is 11.1. The Hall–Kier alpha value is -5.30. The topological polar surface area (TPSA) is 32.6 Å². The fourth-order valence-electron chi connectivity index (χ4n) is 8.86. The molecule has 4 aromatic carbocycles. The fourth-order valence-corrected chi connectivity index (χ4v) is 8.86. The van der Waals surface area contributed by atoms with E-state index in [1.807, 2.05) is 0 Å². The molecule has 5 aromatic rings. The van der Waals surface area contributed by atoms with Crippen LogP contribution >= 0.6 is 0 Å². The van der Waals surface area contributed by atoms with Crippen LogP contribution in [0.3, 0.4) is 0 Å². The molecule has 2 bridgehead atoms. The molecule has 4 unspecified atom stereocenters. The molecule has 5 aliphatic rings. The number of rotatable bonds is 3. The lowest BCUT2D eigenvalue weighted by Gasteiger charge is -2.40. The molecule has 0 spiro atoms. The van der Waals surface area contributed by atoms with Gasteiger partial charge in [-0.1, -0.05) is 66.7 Å². The lowest BCUT2D eigenvalue weighted by atomic mass is 9.88. The van der Waals surface area contributed by atoms with Gasteiger partial charge in [0.2, 0.25) is 0 Å². The molecule has 0 saturated carbocycles. The summed E-state index contributed by atoms with van der Waals surface area (Å²) >= 11 is 0. The second-order valence-corrected chi connectivity index (χ2v) is 13.5. The van der Waals surface area contributed by atoms with Gasteiger partial charge in [0.05, 0.1) is 11.6 Å². The predicted molar refractivity (Wildman–Crippen MR) is 190 cm³/mol. The van der Waals surface area contributed by atoms with Gasteiger partial charge in [0.1, 0.15) is 24.1 Å².